The third kappa shape index (κ3) is 19.3. The maximum absolute atomic E-state index is 12.6. The van der Waals surface area contributed by atoms with Gasteiger partial charge in [-0.25, -0.2) is 15.0 Å². The van der Waals surface area contributed by atoms with Gasteiger partial charge in [0, 0.05) is 145 Å². The normalized spacial score (nSPS) is 27.3. The third-order valence-corrected chi connectivity index (χ3v) is 22.9. The molecule has 3 amide bonds. The molecule has 3 aliphatic carbocycles. The smallest absolute Gasteiger partial charge is 0.267 e. The molecule has 3 saturated heterocycles. The second-order valence-corrected chi connectivity index (χ2v) is 30.7. The van der Waals surface area contributed by atoms with Gasteiger partial charge in [0.1, 0.15) is 34.5 Å². The van der Waals surface area contributed by atoms with Crippen LogP contribution in [0.4, 0.5) is 17.5 Å². The minimum Gasteiger partial charge on any atom is -0.390 e. The fourth-order valence-corrected chi connectivity index (χ4v) is 16.3. The molecule has 6 aromatic heterocycles. The number of para-hydroxylation sites is 3. The number of ether oxygens (including phenoxy) is 3. The first-order valence-corrected chi connectivity index (χ1v) is 37.6. The highest BCUT2D eigenvalue weighted by Gasteiger charge is 2.42. The van der Waals surface area contributed by atoms with Crippen molar-refractivity contribution >= 4 is 67.9 Å². The molecule has 9 heterocycles. The molecule has 12 atom stereocenters. The van der Waals surface area contributed by atoms with Crippen LogP contribution in [0.5, 0.6) is 0 Å². The first-order chi connectivity index (χ1) is 50.6. The maximum atomic E-state index is 12.6. The summed E-state index contributed by atoms with van der Waals surface area (Å²) in [5.41, 5.74) is 22.8. The molecule has 0 radical (unpaired) electrons. The Morgan fingerprint density at radius 1 is 0.448 bits per heavy atom. The summed E-state index contributed by atoms with van der Waals surface area (Å²) in [6, 6.07) is 41.5. The van der Waals surface area contributed by atoms with E-state index in [1.165, 1.54) is 0 Å². The molecule has 0 bridgehead atoms. The Hall–Kier alpha value is -8.82. The minimum absolute atomic E-state index is 0.0369. The number of aromatic nitrogens is 6. The van der Waals surface area contributed by atoms with E-state index in [-0.39, 0.29) is 53.8 Å². The molecule has 3 aliphatic heterocycles. The number of carbonyl (C=O) groups excluding carboxylic acids is 3. The number of aromatic amines is 3. The summed E-state index contributed by atoms with van der Waals surface area (Å²) < 4.78 is 18.1. The van der Waals surface area contributed by atoms with Gasteiger partial charge in [0.05, 0.1) is 54.9 Å². The number of benzene rings is 3. The zero-order valence-electron chi connectivity index (χ0n) is 60.7. The zero-order chi connectivity index (χ0) is 73.2. The summed E-state index contributed by atoms with van der Waals surface area (Å²) in [7, 11) is 0. The topological polar surface area (TPSA) is 349 Å². The van der Waals surface area contributed by atoms with Crippen LogP contribution in [-0.2, 0) is 14.2 Å². The first kappa shape index (κ1) is 74.5. The van der Waals surface area contributed by atoms with Gasteiger partial charge in [0.15, 0.2) is 0 Å². The first-order valence-electron chi connectivity index (χ1n) is 37.6. The number of amides is 3. The quantitative estimate of drug-likeness (QED) is 0.0318. The van der Waals surface area contributed by atoms with Gasteiger partial charge in [-0.05, 0) is 170 Å². The molecule has 6 fully saturated rings. The van der Waals surface area contributed by atoms with Crippen molar-refractivity contribution in [2.45, 2.75) is 151 Å². The molecule has 24 nitrogen and oxygen atoms in total. The van der Waals surface area contributed by atoms with E-state index >= 15 is 0 Å². The van der Waals surface area contributed by atoms with Crippen molar-refractivity contribution in [3.05, 3.63) is 180 Å². The monoisotopic (exact) mass is 1430 g/mol. The highest BCUT2D eigenvalue weighted by Crippen LogP contribution is 2.41. The van der Waals surface area contributed by atoms with Crippen molar-refractivity contribution in [2.75, 3.05) is 95.9 Å². The maximum Gasteiger partial charge on any atom is 0.267 e. The van der Waals surface area contributed by atoms with Crippen molar-refractivity contribution in [1.29, 1.82) is 0 Å². The van der Waals surface area contributed by atoms with Crippen LogP contribution in [0.25, 0.3) is 32.7 Å². The Balaban J connectivity index is 0.000000140. The standard InChI is InChI=1S/3C27H35N5O3/c3*1-18-17-35-24(21-6-7-25(28)29-15-21)16-32(18)11-10-27(34)9-8-19(13-27)14-30-26(33)23-12-20-4-2-3-5-22(20)31-23/h3*2-7,12,15,18-19,24,31,34H,8-11,13-14,16-17H2,1H3,(H2,28,29)(H,30,33)/t18-,19+,24+,27-;18-,19-,24+,27+;18-,19-,24+,27-/m000/s1. The van der Waals surface area contributed by atoms with Gasteiger partial charge >= 0.3 is 0 Å². The van der Waals surface area contributed by atoms with E-state index in [9.17, 15) is 29.7 Å². The molecule has 24 heteroatoms. The van der Waals surface area contributed by atoms with E-state index < -0.39 is 16.8 Å². The van der Waals surface area contributed by atoms with Crippen LogP contribution in [0.3, 0.4) is 0 Å². The van der Waals surface area contributed by atoms with Crippen LogP contribution < -0.4 is 33.2 Å². The number of nitrogens with two attached hydrogens (primary N) is 3. The molecular formula is C81H105N15O9. The molecule has 3 aromatic carbocycles. The molecule has 3 saturated carbocycles. The van der Waals surface area contributed by atoms with Gasteiger partial charge in [-0.1, -0.05) is 72.8 Å². The van der Waals surface area contributed by atoms with Crippen LogP contribution in [0.1, 0.15) is 164 Å². The lowest BCUT2D eigenvalue weighted by molar-refractivity contribution is -0.0693. The van der Waals surface area contributed by atoms with Crippen LogP contribution >= 0.6 is 0 Å². The number of fused-ring (bicyclic) bond motifs is 3. The van der Waals surface area contributed by atoms with Gasteiger partial charge in [-0.15, -0.1) is 0 Å². The van der Waals surface area contributed by atoms with Crippen LogP contribution in [0.2, 0.25) is 0 Å². The average molecular weight is 1430 g/mol. The zero-order valence-corrected chi connectivity index (χ0v) is 60.7. The lowest BCUT2D eigenvalue weighted by Gasteiger charge is -2.39. The Kier molecular flexibility index (Phi) is 23.6. The largest absolute Gasteiger partial charge is 0.390 e. The van der Waals surface area contributed by atoms with Gasteiger partial charge in [0.2, 0.25) is 0 Å². The van der Waals surface area contributed by atoms with Gasteiger partial charge in [0.25, 0.3) is 17.7 Å². The average Bonchev–Trinajstić information content (AvgIpc) is 1.38. The van der Waals surface area contributed by atoms with Crippen molar-refractivity contribution in [2.24, 2.45) is 17.8 Å². The summed E-state index contributed by atoms with van der Waals surface area (Å²) in [5.74, 6) is 2.07. The van der Waals surface area contributed by atoms with Crippen molar-refractivity contribution in [1.82, 2.24) is 60.6 Å². The molecule has 15 rings (SSSR count). The van der Waals surface area contributed by atoms with Crippen molar-refractivity contribution < 1.29 is 43.9 Å². The SMILES string of the molecule is C[C@H]1CO[C@@H](c2ccc(N)nc2)CN1CC[C@@]1(O)CC[C@@H](CNC(=O)c2cc3ccccc3[nH]2)C1.C[C@H]1CO[C@@H](c2ccc(N)nc2)CN1CC[C@@]1(O)CC[C@H](CNC(=O)c2cc3ccccc3[nH]2)C1.C[C@H]1CO[C@@H](c2ccc(N)nc2)CN1CC[C@]1(O)CC[C@H](CNC(=O)c2cc3ccccc3[nH]2)C1. The Morgan fingerprint density at radius 3 is 1.00 bits per heavy atom. The summed E-state index contributed by atoms with van der Waals surface area (Å²) >= 11 is 0. The van der Waals surface area contributed by atoms with Gasteiger partial charge < -0.3 is 77.6 Å². The van der Waals surface area contributed by atoms with Crippen LogP contribution in [0.15, 0.2) is 146 Å². The summed E-state index contributed by atoms with van der Waals surface area (Å²) in [6.07, 6.45) is 14.6. The molecule has 0 unspecified atom stereocenters. The predicted molar refractivity (Wildman–Crippen MR) is 408 cm³/mol. The van der Waals surface area contributed by atoms with E-state index in [1.54, 1.807) is 36.8 Å². The van der Waals surface area contributed by atoms with Crippen molar-refractivity contribution in [3.63, 3.8) is 0 Å². The Morgan fingerprint density at radius 2 is 0.733 bits per heavy atom. The van der Waals surface area contributed by atoms with Gasteiger partial charge in [-0.2, -0.15) is 0 Å². The molecule has 15 N–H and O–H groups in total. The highest BCUT2D eigenvalue weighted by atomic mass is 16.5. The number of nitrogen functional groups attached to an aromatic ring is 3. The van der Waals surface area contributed by atoms with Gasteiger partial charge in [-0.3, -0.25) is 29.1 Å². The van der Waals surface area contributed by atoms with Crippen LogP contribution in [0, 0.1) is 17.8 Å². The number of anilines is 3. The lowest BCUT2D eigenvalue weighted by atomic mass is 9.95. The fraction of sp³-hybridized carbons (Fsp3) is 0.481. The number of H-pyrrole nitrogens is 3. The number of nitrogens with one attached hydrogen (secondary N) is 6. The molecule has 558 valence electrons. The van der Waals surface area contributed by atoms with Crippen molar-refractivity contribution in [3.8, 4) is 0 Å². The predicted octanol–water partition coefficient (Wildman–Crippen LogP) is 9.77. The van der Waals surface area contributed by atoms with Crippen LogP contribution in [-0.4, -0.2) is 191 Å². The molecular weight excluding hydrogens is 1330 g/mol. The number of carbonyl (C=O) groups is 3. The number of rotatable bonds is 21. The molecule has 0 spiro atoms. The minimum atomic E-state index is -0.688. The summed E-state index contributed by atoms with van der Waals surface area (Å²) in [4.78, 5) is 67.2. The number of nitrogens with zero attached hydrogens (tertiary/aromatic N) is 6. The second-order valence-electron chi connectivity index (χ2n) is 30.7. The van der Waals surface area contributed by atoms with E-state index in [4.69, 9.17) is 31.4 Å². The van der Waals surface area contributed by atoms with E-state index in [0.717, 1.165) is 146 Å². The highest BCUT2D eigenvalue weighted by molar-refractivity contribution is 5.99. The van der Waals surface area contributed by atoms with E-state index in [0.29, 0.717) is 111 Å². The van der Waals surface area contributed by atoms with E-state index in [1.807, 2.05) is 109 Å². The lowest BCUT2D eigenvalue weighted by Crippen LogP contribution is -2.47. The number of hydrogen-bond acceptors (Lipinski definition) is 18. The number of morpholine rings is 3. The Bertz CT molecular complexity index is 3830. The van der Waals surface area contributed by atoms with E-state index in [2.05, 4.69) is 81.3 Å². The second kappa shape index (κ2) is 33.3. The fourth-order valence-electron chi connectivity index (χ4n) is 16.3. The summed E-state index contributed by atoms with van der Waals surface area (Å²) in [5, 5.41) is 46.1. The molecule has 9 aromatic rings. The third-order valence-electron chi connectivity index (χ3n) is 22.9. The number of aliphatic hydroxyl groups is 3. The summed E-state index contributed by atoms with van der Waals surface area (Å²) in [6.45, 7) is 14.9. The molecule has 105 heavy (non-hydrogen) atoms. The molecule has 6 aliphatic rings. The Labute approximate surface area is 614 Å². The number of pyridine rings is 3. The number of hydrogen-bond donors (Lipinski definition) is 12.